The van der Waals surface area contributed by atoms with E-state index in [9.17, 15) is 23.7 Å². The Balaban J connectivity index is 1.81. The van der Waals surface area contributed by atoms with Crippen LogP contribution in [0.5, 0.6) is 0 Å². The molecule has 0 saturated carbocycles. The van der Waals surface area contributed by atoms with Crippen molar-refractivity contribution in [3.63, 3.8) is 0 Å². The van der Waals surface area contributed by atoms with Gasteiger partial charge in [0.05, 0.1) is 39.8 Å². The average molecular weight is 555 g/mol. The molecule has 0 aliphatic carbocycles. The SMILES string of the molecule is CN(C)c1ncc(-c2ccc3ncc4c(c3c2)n(-c2ccc(C(C)(C)C#N)cc2)/c(=N\C#N)n4C)cc1C(F)(F)F. The number of hydrogen-bond donors (Lipinski definition) is 0. The number of anilines is 1. The Labute approximate surface area is 233 Å². The van der Waals surface area contributed by atoms with Gasteiger partial charge in [-0.25, -0.2) is 4.98 Å². The number of pyridine rings is 2. The van der Waals surface area contributed by atoms with Gasteiger partial charge in [-0.3, -0.25) is 9.55 Å². The maximum absolute atomic E-state index is 13.9. The standard InChI is InChI=1S/C30H25F3N8/c1-29(2,16-34)20-7-9-21(10-8-20)41-26-22-12-18(19-13-23(30(31,32)33)27(37-14-19)39(3)4)6-11-24(22)36-15-25(26)40(5)28(41)38-17-35/h6-15H,1-5H3/b38-28-. The van der Waals surface area contributed by atoms with Crippen molar-refractivity contribution in [3.05, 3.63) is 77.7 Å². The van der Waals surface area contributed by atoms with Crippen molar-refractivity contribution in [1.82, 2.24) is 19.1 Å². The lowest BCUT2D eigenvalue weighted by Gasteiger charge is -2.19. The number of nitrogens with zero attached hydrogens (tertiary/aromatic N) is 8. The number of imidazole rings is 1. The molecule has 0 amide bonds. The molecule has 3 aromatic heterocycles. The van der Waals surface area contributed by atoms with Crippen molar-refractivity contribution in [2.75, 3.05) is 19.0 Å². The van der Waals surface area contributed by atoms with E-state index in [1.807, 2.05) is 48.9 Å². The fourth-order valence-corrected chi connectivity index (χ4v) is 4.87. The lowest BCUT2D eigenvalue weighted by molar-refractivity contribution is -0.137. The number of alkyl halides is 3. The Bertz CT molecular complexity index is 1970. The van der Waals surface area contributed by atoms with E-state index in [0.29, 0.717) is 44.4 Å². The second kappa shape index (κ2) is 9.79. The summed E-state index contributed by atoms with van der Waals surface area (Å²) >= 11 is 0. The average Bonchev–Trinajstić information content (AvgIpc) is 3.23. The summed E-state index contributed by atoms with van der Waals surface area (Å²) in [5, 5.41) is 19.7. The van der Waals surface area contributed by atoms with Gasteiger partial charge in [0.1, 0.15) is 5.82 Å². The van der Waals surface area contributed by atoms with Gasteiger partial charge in [-0.1, -0.05) is 18.2 Å². The van der Waals surface area contributed by atoms with E-state index in [1.165, 1.54) is 25.2 Å². The molecule has 11 heteroatoms. The van der Waals surface area contributed by atoms with E-state index in [2.05, 4.69) is 21.0 Å². The Hall–Kier alpha value is -5.16. The molecule has 2 aromatic carbocycles. The normalized spacial score (nSPS) is 12.5. The Morgan fingerprint density at radius 1 is 0.927 bits per heavy atom. The molecule has 8 nitrogen and oxygen atoms in total. The van der Waals surface area contributed by atoms with Crippen LogP contribution in [-0.2, 0) is 18.6 Å². The minimum absolute atomic E-state index is 0.169. The first-order valence-corrected chi connectivity index (χ1v) is 12.6. The minimum Gasteiger partial charge on any atom is -0.362 e. The fraction of sp³-hybridized carbons (Fsp3) is 0.233. The van der Waals surface area contributed by atoms with Crippen molar-refractivity contribution in [1.29, 1.82) is 10.5 Å². The summed E-state index contributed by atoms with van der Waals surface area (Å²) in [5.41, 5.74) is 3.11. The van der Waals surface area contributed by atoms with Gasteiger partial charge in [-0.05, 0) is 55.3 Å². The monoisotopic (exact) mass is 554 g/mol. The molecule has 5 aromatic rings. The van der Waals surface area contributed by atoms with Gasteiger partial charge in [-0.15, -0.1) is 4.99 Å². The van der Waals surface area contributed by atoms with Crippen LogP contribution in [0.4, 0.5) is 19.0 Å². The molecule has 0 aliphatic rings. The molecule has 206 valence electrons. The zero-order valence-corrected chi connectivity index (χ0v) is 23.0. The molecule has 0 atom stereocenters. The highest BCUT2D eigenvalue weighted by atomic mass is 19.4. The largest absolute Gasteiger partial charge is 0.419 e. The summed E-state index contributed by atoms with van der Waals surface area (Å²) in [4.78, 5) is 14.1. The molecule has 0 bridgehead atoms. The lowest BCUT2D eigenvalue weighted by Crippen LogP contribution is -2.23. The van der Waals surface area contributed by atoms with Crippen LogP contribution in [0.25, 0.3) is 38.8 Å². The number of rotatable bonds is 4. The molecule has 5 rings (SSSR count). The third-order valence-electron chi connectivity index (χ3n) is 7.11. The summed E-state index contributed by atoms with van der Waals surface area (Å²) in [6, 6.07) is 16.0. The van der Waals surface area contributed by atoms with Crippen LogP contribution in [0.15, 0.2) is 65.9 Å². The van der Waals surface area contributed by atoms with Crippen molar-refractivity contribution < 1.29 is 13.2 Å². The third-order valence-corrected chi connectivity index (χ3v) is 7.11. The second-order valence-corrected chi connectivity index (χ2v) is 10.4. The van der Waals surface area contributed by atoms with E-state index >= 15 is 0 Å². The molecule has 3 heterocycles. The number of nitriles is 2. The van der Waals surface area contributed by atoms with Gasteiger partial charge >= 0.3 is 6.18 Å². The summed E-state index contributed by atoms with van der Waals surface area (Å²) < 4.78 is 45.3. The van der Waals surface area contributed by atoms with Crippen LogP contribution >= 0.6 is 0 Å². The van der Waals surface area contributed by atoms with Gasteiger partial charge in [0.25, 0.3) is 0 Å². The molecule has 0 aliphatic heterocycles. The van der Waals surface area contributed by atoms with Crippen LogP contribution in [0.2, 0.25) is 0 Å². The smallest absolute Gasteiger partial charge is 0.362 e. The quantitative estimate of drug-likeness (QED) is 0.260. The van der Waals surface area contributed by atoms with Crippen LogP contribution in [0.1, 0.15) is 25.0 Å². The van der Waals surface area contributed by atoms with E-state index in [4.69, 9.17) is 0 Å². The zero-order chi connectivity index (χ0) is 29.7. The lowest BCUT2D eigenvalue weighted by atomic mass is 9.86. The minimum atomic E-state index is -4.59. The molecule has 41 heavy (non-hydrogen) atoms. The van der Waals surface area contributed by atoms with Crippen molar-refractivity contribution >= 4 is 27.8 Å². The second-order valence-electron chi connectivity index (χ2n) is 10.4. The summed E-state index contributed by atoms with van der Waals surface area (Å²) in [6.45, 7) is 3.66. The van der Waals surface area contributed by atoms with Gasteiger partial charge in [0.15, 0.2) is 0 Å². The van der Waals surface area contributed by atoms with Crippen molar-refractivity contribution in [3.8, 4) is 29.1 Å². The Morgan fingerprint density at radius 3 is 2.24 bits per heavy atom. The highest BCUT2D eigenvalue weighted by Crippen LogP contribution is 2.38. The van der Waals surface area contributed by atoms with E-state index in [-0.39, 0.29) is 5.82 Å². The van der Waals surface area contributed by atoms with E-state index in [1.54, 1.807) is 36.0 Å². The molecular formula is C30H25F3N8. The first-order valence-electron chi connectivity index (χ1n) is 12.6. The number of aromatic nitrogens is 4. The van der Waals surface area contributed by atoms with Crippen molar-refractivity contribution in [2.45, 2.75) is 25.4 Å². The third kappa shape index (κ3) is 4.66. The highest BCUT2D eigenvalue weighted by molar-refractivity contribution is 6.04. The maximum Gasteiger partial charge on any atom is 0.419 e. The first-order chi connectivity index (χ1) is 19.4. The number of benzene rings is 2. The van der Waals surface area contributed by atoms with Crippen LogP contribution < -0.4 is 10.5 Å². The van der Waals surface area contributed by atoms with Gasteiger partial charge in [-0.2, -0.15) is 23.7 Å². The van der Waals surface area contributed by atoms with E-state index < -0.39 is 17.2 Å². The van der Waals surface area contributed by atoms with Crippen LogP contribution in [-0.4, -0.2) is 33.2 Å². The molecule has 0 spiro atoms. The molecule has 0 saturated heterocycles. The fourth-order valence-electron chi connectivity index (χ4n) is 4.87. The van der Waals surface area contributed by atoms with Gasteiger partial charge in [0.2, 0.25) is 11.8 Å². The molecule has 0 unspecified atom stereocenters. The summed E-state index contributed by atoms with van der Waals surface area (Å²) in [7, 11) is 4.79. The number of fused-ring (bicyclic) bond motifs is 3. The predicted molar refractivity (Wildman–Crippen MR) is 150 cm³/mol. The number of halogens is 3. The molecule has 0 fully saturated rings. The number of hydrogen-bond acceptors (Lipinski definition) is 6. The van der Waals surface area contributed by atoms with E-state index in [0.717, 1.165) is 11.6 Å². The Morgan fingerprint density at radius 2 is 1.63 bits per heavy atom. The van der Waals surface area contributed by atoms with Gasteiger partial charge in [0, 0.05) is 44.0 Å². The number of aryl methyl sites for hydroxylation is 1. The highest BCUT2D eigenvalue weighted by Gasteiger charge is 2.35. The molecule has 0 radical (unpaired) electrons. The Kier molecular flexibility index (Phi) is 6.54. The maximum atomic E-state index is 13.9. The predicted octanol–water partition coefficient (Wildman–Crippen LogP) is 5.85. The summed E-state index contributed by atoms with van der Waals surface area (Å²) in [6.07, 6.45) is 0.369. The first kappa shape index (κ1) is 27.4. The van der Waals surface area contributed by atoms with Crippen molar-refractivity contribution in [2.24, 2.45) is 12.0 Å². The van der Waals surface area contributed by atoms with Crippen LogP contribution in [0.3, 0.4) is 0 Å². The molecular weight excluding hydrogens is 529 g/mol. The molecule has 0 N–H and O–H groups in total. The zero-order valence-electron chi connectivity index (χ0n) is 23.0. The van der Waals surface area contributed by atoms with Crippen LogP contribution in [0, 0.1) is 22.8 Å². The topological polar surface area (TPSA) is 98.8 Å². The van der Waals surface area contributed by atoms with Gasteiger partial charge < -0.3 is 9.47 Å². The summed E-state index contributed by atoms with van der Waals surface area (Å²) in [5.74, 6) is -0.169.